The molecule has 0 bridgehead atoms. The van der Waals surface area contributed by atoms with Crippen molar-refractivity contribution in [1.82, 2.24) is 19.6 Å². The van der Waals surface area contributed by atoms with E-state index in [0.29, 0.717) is 0 Å². The highest BCUT2D eigenvalue weighted by Crippen LogP contribution is 2.09. The van der Waals surface area contributed by atoms with Crippen molar-refractivity contribution in [2.75, 3.05) is 5.32 Å². The van der Waals surface area contributed by atoms with Crippen LogP contribution in [0.1, 0.15) is 24.7 Å². The lowest BCUT2D eigenvalue weighted by molar-refractivity contribution is 0.575. The number of aryl methyl sites for hydroxylation is 3. The summed E-state index contributed by atoms with van der Waals surface area (Å²) in [6, 6.07) is 2.12. The van der Waals surface area contributed by atoms with E-state index in [1.165, 1.54) is 5.69 Å². The summed E-state index contributed by atoms with van der Waals surface area (Å²) < 4.78 is 3.86. The molecule has 5 heteroatoms. The van der Waals surface area contributed by atoms with E-state index in [1.807, 2.05) is 26.4 Å². The van der Waals surface area contributed by atoms with E-state index in [1.54, 1.807) is 4.68 Å². The lowest BCUT2D eigenvalue weighted by Gasteiger charge is -2.06. The van der Waals surface area contributed by atoms with Crippen molar-refractivity contribution in [3.63, 3.8) is 0 Å². The molecule has 0 aromatic carbocycles. The average molecular weight is 233 g/mol. The summed E-state index contributed by atoms with van der Waals surface area (Å²) in [4.78, 5) is 0. The second-order valence-electron chi connectivity index (χ2n) is 4.26. The number of aromatic nitrogens is 4. The van der Waals surface area contributed by atoms with Crippen LogP contribution in [0.15, 0.2) is 18.5 Å². The minimum Gasteiger partial charge on any atom is -0.377 e. The van der Waals surface area contributed by atoms with Gasteiger partial charge in [0.25, 0.3) is 0 Å². The molecule has 0 fully saturated rings. The van der Waals surface area contributed by atoms with Gasteiger partial charge in [0.2, 0.25) is 0 Å². The van der Waals surface area contributed by atoms with Gasteiger partial charge in [-0.25, -0.2) is 0 Å². The van der Waals surface area contributed by atoms with Gasteiger partial charge in [-0.2, -0.15) is 10.2 Å². The standard InChI is InChI=1S/C12H19N5/c1-4-5-17-12(6-10(2)15-17)8-13-11-7-14-16(3)9-11/h6-7,9,13H,4-5,8H2,1-3H3. The van der Waals surface area contributed by atoms with E-state index < -0.39 is 0 Å². The monoisotopic (exact) mass is 233 g/mol. The van der Waals surface area contributed by atoms with Crippen LogP contribution in [0.3, 0.4) is 0 Å². The molecule has 0 atom stereocenters. The zero-order valence-corrected chi connectivity index (χ0v) is 10.6. The number of hydrogen-bond acceptors (Lipinski definition) is 3. The van der Waals surface area contributed by atoms with Gasteiger partial charge >= 0.3 is 0 Å². The van der Waals surface area contributed by atoms with Crippen LogP contribution in [0.5, 0.6) is 0 Å². The molecule has 17 heavy (non-hydrogen) atoms. The van der Waals surface area contributed by atoms with Gasteiger partial charge in [-0.05, 0) is 19.4 Å². The third-order valence-corrected chi connectivity index (χ3v) is 2.60. The SMILES string of the molecule is CCCn1nc(C)cc1CNc1cnn(C)c1. The molecule has 0 aliphatic carbocycles. The molecular weight excluding hydrogens is 214 g/mol. The topological polar surface area (TPSA) is 47.7 Å². The highest BCUT2D eigenvalue weighted by atomic mass is 15.3. The van der Waals surface area contributed by atoms with Crippen molar-refractivity contribution in [2.24, 2.45) is 7.05 Å². The summed E-state index contributed by atoms with van der Waals surface area (Å²) in [6.07, 6.45) is 4.89. The largest absolute Gasteiger partial charge is 0.377 e. The smallest absolute Gasteiger partial charge is 0.0729 e. The average Bonchev–Trinajstić information content (AvgIpc) is 2.83. The molecule has 0 amide bonds. The Morgan fingerprint density at radius 2 is 2.24 bits per heavy atom. The molecule has 1 N–H and O–H groups in total. The van der Waals surface area contributed by atoms with E-state index in [4.69, 9.17) is 0 Å². The summed E-state index contributed by atoms with van der Waals surface area (Å²) in [5.74, 6) is 0. The Morgan fingerprint density at radius 1 is 1.41 bits per heavy atom. The third-order valence-electron chi connectivity index (χ3n) is 2.60. The second kappa shape index (κ2) is 5.03. The molecule has 0 aliphatic rings. The van der Waals surface area contributed by atoms with Crippen LogP contribution in [-0.2, 0) is 20.1 Å². The van der Waals surface area contributed by atoms with Crippen molar-refractivity contribution in [1.29, 1.82) is 0 Å². The van der Waals surface area contributed by atoms with Gasteiger partial charge < -0.3 is 5.32 Å². The van der Waals surface area contributed by atoms with Gasteiger partial charge in [-0.15, -0.1) is 0 Å². The quantitative estimate of drug-likeness (QED) is 0.858. The van der Waals surface area contributed by atoms with Crippen molar-refractivity contribution in [3.8, 4) is 0 Å². The minimum absolute atomic E-state index is 0.784. The zero-order chi connectivity index (χ0) is 12.3. The van der Waals surface area contributed by atoms with Crippen LogP contribution in [0.25, 0.3) is 0 Å². The van der Waals surface area contributed by atoms with E-state index in [9.17, 15) is 0 Å². The van der Waals surface area contributed by atoms with Gasteiger partial charge in [0, 0.05) is 19.8 Å². The van der Waals surface area contributed by atoms with Gasteiger partial charge in [-0.1, -0.05) is 6.92 Å². The number of anilines is 1. The maximum Gasteiger partial charge on any atom is 0.0729 e. The van der Waals surface area contributed by atoms with Crippen molar-refractivity contribution in [3.05, 3.63) is 29.8 Å². The highest BCUT2D eigenvalue weighted by Gasteiger charge is 2.04. The summed E-state index contributed by atoms with van der Waals surface area (Å²) in [5.41, 5.74) is 3.32. The number of rotatable bonds is 5. The highest BCUT2D eigenvalue weighted by molar-refractivity contribution is 5.38. The molecule has 2 aromatic heterocycles. The number of hydrogen-bond donors (Lipinski definition) is 1. The first-order valence-corrected chi connectivity index (χ1v) is 5.95. The zero-order valence-electron chi connectivity index (χ0n) is 10.6. The predicted molar refractivity (Wildman–Crippen MR) is 67.8 cm³/mol. The Hall–Kier alpha value is -1.78. The molecule has 0 spiro atoms. The fraction of sp³-hybridized carbons (Fsp3) is 0.500. The van der Waals surface area contributed by atoms with Crippen LogP contribution in [0.4, 0.5) is 5.69 Å². The summed E-state index contributed by atoms with van der Waals surface area (Å²) in [7, 11) is 1.91. The summed E-state index contributed by atoms with van der Waals surface area (Å²) in [5, 5.41) is 11.9. The van der Waals surface area contributed by atoms with Gasteiger partial charge in [-0.3, -0.25) is 9.36 Å². The Labute approximate surface area is 101 Å². The lowest BCUT2D eigenvalue weighted by atomic mass is 10.3. The van der Waals surface area contributed by atoms with E-state index in [2.05, 4.69) is 33.2 Å². The molecule has 0 aliphatic heterocycles. The fourth-order valence-corrected chi connectivity index (χ4v) is 1.85. The van der Waals surface area contributed by atoms with Crippen molar-refractivity contribution >= 4 is 5.69 Å². The van der Waals surface area contributed by atoms with Crippen molar-refractivity contribution < 1.29 is 0 Å². The Morgan fingerprint density at radius 3 is 2.88 bits per heavy atom. The lowest BCUT2D eigenvalue weighted by Crippen LogP contribution is -2.08. The molecular formula is C12H19N5. The second-order valence-corrected chi connectivity index (χ2v) is 4.26. The van der Waals surface area contributed by atoms with Crippen molar-refractivity contribution in [2.45, 2.75) is 33.4 Å². The first-order chi connectivity index (χ1) is 8.19. The van der Waals surface area contributed by atoms with Crippen LogP contribution >= 0.6 is 0 Å². The number of nitrogens with one attached hydrogen (secondary N) is 1. The summed E-state index contributed by atoms with van der Waals surface area (Å²) in [6.45, 7) is 5.94. The van der Waals surface area contributed by atoms with E-state index >= 15 is 0 Å². The van der Waals surface area contributed by atoms with Crippen LogP contribution in [0.2, 0.25) is 0 Å². The number of nitrogens with zero attached hydrogens (tertiary/aromatic N) is 4. The van der Waals surface area contributed by atoms with Crippen LogP contribution in [0, 0.1) is 6.92 Å². The fourth-order valence-electron chi connectivity index (χ4n) is 1.85. The molecule has 2 rings (SSSR count). The third kappa shape index (κ3) is 2.87. The molecule has 0 saturated carbocycles. The molecule has 2 aromatic rings. The molecule has 0 radical (unpaired) electrons. The maximum atomic E-state index is 4.47. The maximum absolute atomic E-state index is 4.47. The molecule has 2 heterocycles. The first kappa shape index (κ1) is 11.7. The summed E-state index contributed by atoms with van der Waals surface area (Å²) >= 11 is 0. The Bertz CT molecular complexity index is 483. The normalized spacial score (nSPS) is 10.8. The molecule has 92 valence electrons. The van der Waals surface area contributed by atoms with Crippen LogP contribution in [-0.4, -0.2) is 19.6 Å². The van der Waals surface area contributed by atoms with Crippen LogP contribution < -0.4 is 5.32 Å². The van der Waals surface area contributed by atoms with Gasteiger partial charge in [0.1, 0.15) is 0 Å². The Kier molecular flexibility index (Phi) is 3.46. The molecule has 0 unspecified atom stereocenters. The minimum atomic E-state index is 0.784. The van der Waals surface area contributed by atoms with E-state index in [-0.39, 0.29) is 0 Å². The van der Waals surface area contributed by atoms with Gasteiger partial charge in [0.05, 0.1) is 29.8 Å². The molecule has 0 saturated heterocycles. The Balaban J connectivity index is 2.02. The predicted octanol–water partition coefficient (Wildman–Crippen LogP) is 1.95. The molecule has 5 nitrogen and oxygen atoms in total. The first-order valence-electron chi connectivity index (χ1n) is 5.95. The van der Waals surface area contributed by atoms with E-state index in [0.717, 1.165) is 30.9 Å². The van der Waals surface area contributed by atoms with Gasteiger partial charge in [0.15, 0.2) is 0 Å².